The Bertz CT molecular complexity index is 774. The molecule has 27 heavy (non-hydrogen) atoms. The van der Waals surface area contributed by atoms with E-state index in [4.69, 9.17) is 0 Å². The molecule has 0 bridgehead atoms. The predicted octanol–water partition coefficient (Wildman–Crippen LogP) is 4.97. The van der Waals surface area contributed by atoms with Crippen molar-refractivity contribution in [3.63, 3.8) is 0 Å². The monoisotopic (exact) mass is 366 g/mol. The van der Waals surface area contributed by atoms with E-state index in [1.54, 1.807) is 12.3 Å². The summed E-state index contributed by atoms with van der Waals surface area (Å²) in [6.07, 6.45) is 8.65. The Kier molecular flexibility index (Phi) is 6.09. The van der Waals surface area contributed by atoms with Gasteiger partial charge in [-0.25, -0.2) is 9.97 Å². The van der Waals surface area contributed by atoms with E-state index in [1.165, 1.54) is 31.2 Å². The largest absolute Gasteiger partial charge is 0.348 e. The molecule has 0 spiro atoms. The Labute approximate surface area is 162 Å². The van der Waals surface area contributed by atoms with Gasteiger partial charge in [0.25, 0.3) is 5.91 Å². The summed E-state index contributed by atoms with van der Waals surface area (Å²) in [5, 5.41) is 6.43. The standard InChI is InChI=1S/C22H30N4O/c1-22(2,3)17-12-8-9-13-18(17)25-21-23-15-14-19(26-21)20(27)24-16-10-6-4-5-7-11-16/h8-9,12-16H,4-7,10-11H2,1-3H3,(H,24,27)(H,23,25,26). The van der Waals surface area contributed by atoms with Crippen molar-refractivity contribution >= 4 is 17.5 Å². The summed E-state index contributed by atoms with van der Waals surface area (Å²) in [6.45, 7) is 6.51. The number of anilines is 2. The quantitative estimate of drug-likeness (QED) is 0.750. The summed E-state index contributed by atoms with van der Waals surface area (Å²) < 4.78 is 0. The summed E-state index contributed by atoms with van der Waals surface area (Å²) in [7, 11) is 0. The van der Waals surface area contributed by atoms with E-state index >= 15 is 0 Å². The predicted molar refractivity (Wildman–Crippen MR) is 109 cm³/mol. The molecule has 2 aromatic rings. The fraction of sp³-hybridized carbons (Fsp3) is 0.500. The van der Waals surface area contributed by atoms with Crippen LogP contribution in [-0.4, -0.2) is 21.9 Å². The van der Waals surface area contributed by atoms with Gasteiger partial charge in [-0.05, 0) is 36.0 Å². The van der Waals surface area contributed by atoms with Crippen LogP contribution in [0.25, 0.3) is 0 Å². The van der Waals surface area contributed by atoms with E-state index < -0.39 is 0 Å². The lowest BCUT2D eigenvalue weighted by atomic mass is 9.86. The lowest BCUT2D eigenvalue weighted by Crippen LogP contribution is -2.35. The number of hydrogen-bond donors (Lipinski definition) is 2. The number of aromatic nitrogens is 2. The second-order valence-corrected chi connectivity index (χ2v) is 8.35. The molecule has 1 fully saturated rings. The molecule has 5 nitrogen and oxygen atoms in total. The van der Waals surface area contributed by atoms with Crippen molar-refractivity contribution in [2.75, 3.05) is 5.32 Å². The smallest absolute Gasteiger partial charge is 0.270 e. The highest BCUT2D eigenvalue weighted by Crippen LogP contribution is 2.30. The summed E-state index contributed by atoms with van der Waals surface area (Å²) in [5.74, 6) is 0.330. The molecule has 2 N–H and O–H groups in total. The maximum Gasteiger partial charge on any atom is 0.270 e. The maximum atomic E-state index is 12.6. The molecule has 0 aliphatic heterocycles. The first-order valence-corrected chi connectivity index (χ1v) is 9.94. The first kappa shape index (κ1) is 19.3. The summed E-state index contributed by atoms with van der Waals surface area (Å²) >= 11 is 0. The highest BCUT2D eigenvalue weighted by Gasteiger charge is 2.19. The Morgan fingerprint density at radius 1 is 1.04 bits per heavy atom. The van der Waals surface area contributed by atoms with Crippen molar-refractivity contribution in [2.45, 2.75) is 70.8 Å². The fourth-order valence-corrected chi connectivity index (χ4v) is 3.60. The molecule has 1 heterocycles. The second-order valence-electron chi connectivity index (χ2n) is 8.35. The molecule has 0 radical (unpaired) electrons. The van der Waals surface area contributed by atoms with Crippen LogP contribution in [0.4, 0.5) is 11.6 Å². The Hall–Kier alpha value is -2.43. The van der Waals surface area contributed by atoms with Crippen molar-refractivity contribution in [1.82, 2.24) is 15.3 Å². The van der Waals surface area contributed by atoms with Gasteiger partial charge in [-0.1, -0.05) is 64.7 Å². The van der Waals surface area contributed by atoms with Gasteiger partial charge in [0.2, 0.25) is 5.95 Å². The van der Waals surface area contributed by atoms with Crippen molar-refractivity contribution in [2.24, 2.45) is 0 Å². The van der Waals surface area contributed by atoms with Gasteiger partial charge in [0.15, 0.2) is 0 Å². The lowest BCUT2D eigenvalue weighted by molar-refractivity contribution is 0.0928. The number of nitrogens with one attached hydrogen (secondary N) is 2. The molecule has 1 aliphatic carbocycles. The summed E-state index contributed by atoms with van der Waals surface area (Å²) in [6, 6.07) is 10.1. The lowest BCUT2D eigenvalue weighted by Gasteiger charge is -2.23. The molecule has 5 heteroatoms. The fourth-order valence-electron chi connectivity index (χ4n) is 3.60. The van der Waals surface area contributed by atoms with Crippen LogP contribution in [0.2, 0.25) is 0 Å². The second kappa shape index (κ2) is 8.51. The molecule has 0 atom stereocenters. The number of para-hydroxylation sites is 1. The van der Waals surface area contributed by atoms with Gasteiger partial charge in [0.05, 0.1) is 0 Å². The SMILES string of the molecule is CC(C)(C)c1ccccc1Nc1nccc(C(=O)NC2CCCCCC2)n1. The molecular formula is C22H30N4O. The molecule has 1 amide bonds. The van der Waals surface area contributed by atoms with Gasteiger partial charge >= 0.3 is 0 Å². The van der Waals surface area contributed by atoms with Gasteiger partial charge in [0, 0.05) is 17.9 Å². The zero-order chi connectivity index (χ0) is 19.3. The van der Waals surface area contributed by atoms with Crippen molar-refractivity contribution in [3.8, 4) is 0 Å². The zero-order valence-electron chi connectivity index (χ0n) is 16.6. The van der Waals surface area contributed by atoms with Crippen molar-refractivity contribution in [1.29, 1.82) is 0 Å². The van der Waals surface area contributed by atoms with E-state index in [0.717, 1.165) is 18.5 Å². The van der Waals surface area contributed by atoms with E-state index in [9.17, 15) is 4.79 Å². The number of carbonyl (C=O) groups is 1. The van der Waals surface area contributed by atoms with Gasteiger partial charge < -0.3 is 10.6 Å². The van der Waals surface area contributed by atoms with E-state index in [2.05, 4.69) is 47.4 Å². The average Bonchev–Trinajstić information content (AvgIpc) is 2.90. The minimum atomic E-state index is -0.114. The first-order chi connectivity index (χ1) is 12.9. The Morgan fingerprint density at radius 2 is 1.74 bits per heavy atom. The molecule has 1 aliphatic rings. The van der Waals surface area contributed by atoms with Gasteiger partial charge in [-0.2, -0.15) is 0 Å². The Morgan fingerprint density at radius 3 is 2.44 bits per heavy atom. The van der Waals surface area contributed by atoms with E-state index in [0.29, 0.717) is 11.6 Å². The third-order valence-electron chi connectivity index (χ3n) is 5.06. The third kappa shape index (κ3) is 5.28. The van der Waals surface area contributed by atoms with Gasteiger partial charge in [-0.15, -0.1) is 0 Å². The molecule has 1 saturated carbocycles. The number of nitrogens with zero attached hydrogens (tertiary/aromatic N) is 2. The molecule has 1 aromatic heterocycles. The molecule has 0 saturated heterocycles. The third-order valence-corrected chi connectivity index (χ3v) is 5.06. The highest BCUT2D eigenvalue weighted by molar-refractivity contribution is 5.92. The topological polar surface area (TPSA) is 66.9 Å². The van der Waals surface area contributed by atoms with Crippen LogP contribution in [0.5, 0.6) is 0 Å². The van der Waals surface area contributed by atoms with E-state index in [-0.39, 0.29) is 17.4 Å². The van der Waals surface area contributed by atoms with Crippen LogP contribution in [0.1, 0.15) is 75.3 Å². The average molecular weight is 367 g/mol. The summed E-state index contributed by atoms with van der Waals surface area (Å²) in [4.78, 5) is 21.4. The number of benzene rings is 1. The van der Waals surface area contributed by atoms with Crippen LogP contribution in [0, 0.1) is 0 Å². The Balaban J connectivity index is 1.73. The molecule has 144 valence electrons. The minimum absolute atomic E-state index is 0.00191. The van der Waals surface area contributed by atoms with Gasteiger partial charge in [0.1, 0.15) is 5.69 Å². The normalized spacial score (nSPS) is 15.8. The van der Waals surface area contributed by atoms with Crippen LogP contribution in [0.3, 0.4) is 0 Å². The minimum Gasteiger partial charge on any atom is -0.348 e. The van der Waals surface area contributed by atoms with Crippen LogP contribution in [-0.2, 0) is 5.41 Å². The number of hydrogen-bond acceptors (Lipinski definition) is 4. The van der Waals surface area contributed by atoms with Crippen LogP contribution in [0.15, 0.2) is 36.5 Å². The highest BCUT2D eigenvalue weighted by atomic mass is 16.1. The molecule has 0 unspecified atom stereocenters. The summed E-state index contributed by atoms with van der Waals surface area (Å²) in [5.41, 5.74) is 2.55. The molecule has 1 aromatic carbocycles. The van der Waals surface area contributed by atoms with E-state index in [1.807, 2.05) is 18.2 Å². The number of carbonyl (C=O) groups excluding carboxylic acids is 1. The number of rotatable bonds is 4. The van der Waals surface area contributed by atoms with Crippen molar-refractivity contribution in [3.05, 3.63) is 47.8 Å². The zero-order valence-corrected chi connectivity index (χ0v) is 16.6. The number of amides is 1. The molecular weight excluding hydrogens is 336 g/mol. The van der Waals surface area contributed by atoms with Crippen LogP contribution >= 0.6 is 0 Å². The van der Waals surface area contributed by atoms with Crippen LogP contribution < -0.4 is 10.6 Å². The van der Waals surface area contributed by atoms with Crippen molar-refractivity contribution < 1.29 is 4.79 Å². The van der Waals surface area contributed by atoms with Gasteiger partial charge in [-0.3, -0.25) is 4.79 Å². The molecule has 3 rings (SSSR count). The first-order valence-electron chi connectivity index (χ1n) is 9.94. The maximum absolute atomic E-state index is 12.6.